The number of amides is 2. The van der Waals surface area contributed by atoms with Gasteiger partial charge in [0.25, 0.3) is 0 Å². The topological polar surface area (TPSA) is 58.2 Å². The van der Waals surface area contributed by atoms with Crippen LogP contribution in [0.3, 0.4) is 0 Å². The lowest BCUT2D eigenvalue weighted by Crippen LogP contribution is -2.34. The Morgan fingerprint density at radius 3 is 2.74 bits per heavy atom. The first-order valence-corrected chi connectivity index (χ1v) is 8.39. The molecule has 0 spiro atoms. The Morgan fingerprint density at radius 2 is 1.91 bits per heavy atom. The molecule has 1 aliphatic heterocycles. The summed E-state index contributed by atoms with van der Waals surface area (Å²) in [6.07, 6.45) is 0.177. The van der Waals surface area contributed by atoms with E-state index < -0.39 is 0 Å². The first-order valence-electron chi connectivity index (χ1n) is 7.51. The van der Waals surface area contributed by atoms with Crippen molar-refractivity contribution in [3.63, 3.8) is 0 Å². The number of thioether (sulfide) groups is 1. The number of carbonyl (C=O) groups excluding carboxylic acids is 2. The van der Waals surface area contributed by atoms with Crippen LogP contribution in [0.1, 0.15) is 17.5 Å². The highest BCUT2D eigenvalue weighted by Crippen LogP contribution is 2.36. The fourth-order valence-electron chi connectivity index (χ4n) is 2.47. The van der Waals surface area contributed by atoms with Crippen LogP contribution in [-0.4, -0.2) is 17.1 Å². The van der Waals surface area contributed by atoms with Gasteiger partial charge in [0.2, 0.25) is 11.8 Å². The molecule has 1 atom stereocenters. The molecule has 0 aromatic heterocycles. The van der Waals surface area contributed by atoms with Crippen LogP contribution < -0.4 is 10.6 Å². The Kier molecular flexibility index (Phi) is 4.67. The third-order valence-electron chi connectivity index (χ3n) is 3.81. The van der Waals surface area contributed by atoms with E-state index in [4.69, 9.17) is 0 Å². The summed E-state index contributed by atoms with van der Waals surface area (Å²) in [5, 5.41) is 5.37. The van der Waals surface area contributed by atoms with Gasteiger partial charge in [-0.1, -0.05) is 36.4 Å². The second-order valence-corrected chi connectivity index (χ2v) is 6.74. The Morgan fingerprint density at radius 1 is 1.17 bits per heavy atom. The molecule has 2 N–H and O–H groups in total. The van der Waals surface area contributed by atoms with Gasteiger partial charge in [0.15, 0.2) is 0 Å². The fourth-order valence-corrected chi connectivity index (χ4v) is 3.58. The quantitative estimate of drug-likeness (QED) is 0.907. The van der Waals surface area contributed by atoms with Crippen LogP contribution in [0, 0.1) is 6.92 Å². The molecule has 0 fully saturated rings. The summed E-state index contributed by atoms with van der Waals surface area (Å²) in [7, 11) is 0. The molecule has 0 saturated carbocycles. The summed E-state index contributed by atoms with van der Waals surface area (Å²) in [4.78, 5) is 25.3. The number of carbonyl (C=O) groups is 2. The van der Waals surface area contributed by atoms with Gasteiger partial charge in [0.05, 0.1) is 10.9 Å². The third kappa shape index (κ3) is 3.74. The Hall–Kier alpha value is -2.27. The van der Waals surface area contributed by atoms with E-state index >= 15 is 0 Å². The van der Waals surface area contributed by atoms with Gasteiger partial charge < -0.3 is 10.6 Å². The minimum absolute atomic E-state index is 0.111. The molecule has 2 aromatic carbocycles. The zero-order valence-electron chi connectivity index (χ0n) is 12.8. The predicted molar refractivity (Wildman–Crippen MR) is 92.4 cm³/mol. The predicted octanol–water partition coefficient (Wildman–Crippen LogP) is 3.11. The first-order chi connectivity index (χ1) is 11.1. The number of rotatable bonds is 4. The van der Waals surface area contributed by atoms with Crippen LogP contribution in [0.15, 0.2) is 53.4 Å². The largest absolute Gasteiger partial charge is 0.352 e. The van der Waals surface area contributed by atoms with E-state index in [0.29, 0.717) is 6.54 Å². The average molecular weight is 326 g/mol. The number of hydrogen-bond donors (Lipinski definition) is 2. The highest BCUT2D eigenvalue weighted by molar-refractivity contribution is 8.01. The van der Waals surface area contributed by atoms with Gasteiger partial charge in [-0.25, -0.2) is 0 Å². The van der Waals surface area contributed by atoms with Crippen molar-refractivity contribution in [2.75, 3.05) is 5.32 Å². The van der Waals surface area contributed by atoms with Crippen molar-refractivity contribution in [3.05, 3.63) is 59.7 Å². The van der Waals surface area contributed by atoms with E-state index in [1.54, 1.807) is 0 Å². The number of nitrogens with one attached hydrogen (secondary N) is 2. The first kappa shape index (κ1) is 15.6. The normalized spacial score (nSPS) is 16.4. The molecule has 118 valence electrons. The molecule has 0 saturated heterocycles. The van der Waals surface area contributed by atoms with Crippen LogP contribution in [0.5, 0.6) is 0 Å². The Labute approximate surface area is 139 Å². The zero-order chi connectivity index (χ0) is 16.2. The summed E-state index contributed by atoms with van der Waals surface area (Å²) >= 11 is 1.45. The van der Waals surface area contributed by atoms with Crippen LogP contribution in [-0.2, 0) is 16.1 Å². The summed E-state index contributed by atoms with van der Waals surface area (Å²) in [5.41, 5.74) is 3.05. The van der Waals surface area contributed by atoms with E-state index in [0.717, 1.165) is 21.7 Å². The van der Waals surface area contributed by atoms with E-state index in [9.17, 15) is 9.59 Å². The van der Waals surface area contributed by atoms with Crippen molar-refractivity contribution in [2.45, 2.75) is 30.0 Å². The molecule has 5 heteroatoms. The molecule has 0 bridgehead atoms. The SMILES string of the molecule is Cc1ccccc1CNC(=O)CC1Sc2ccccc2NC1=O. The van der Waals surface area contributed by atoms with E-state index in [1.165, 1.54) is 11.8 Å². The maximum absolute atomic E-state index is 12.1. The van der Waals surface area contributed by atoms with Gasteiger partial charge in [-0.2, -0.15) is 0 Å². The van der Waals surface area contributed by atoms with Crippen molar-refractivity contribution in [1.29, 1.82) is 0 Å². The monoisotopic (exact) mass is 326 g/mol. The maximum atomic E-state index is 12.1. The molecule has 1 aliphatic rings. The standard InChI is InChI=1S/C18H18N2O2S/c1-12-6-2-3-7-13(12)11-19-17(21)10-16-18(22)20-14-8-4-5-9-15(14)23-16/h2-9,16H,10-11H2,1H3,(H,19,21)(H,20,22). The lowest BCUT2D eigenvalue weighted by molar-refractivity contribution is -0.124. The molecule has 3 rings (SSSR count). The smallest absolute Gasteiger partial charge is 0.238 e. The van der Waals surface area contributed by atoms with Gasteiger partial charge in [-0.3, -0.25) is 9.59 Å². The number of para-hydroxylation sites is 1. The summed E-state index contributed by atoms with van der Waals surface area (Å²) in [6, 6.07) is 15.6. The lowest BCUT2D eigenvalue weighted by Gasteiger charge is -2.23. The van der Waals surface area contributed by atoms with Crippen molar-refractivity contribution >= 4 is 29.3 Å². The van der Waals surface area contributed by atoms with Crippen molar-refractivity contribution in [1.82, 2.24) is 5.32 Å². The minimum atomic E-state index is -0.387. The molecule has 4 nitrogen and oxygen atoms in total. The van der Waals surface area contributed by atoms with E-state index in [-0.39, 0.29) is 23.5 Å². The second-order valence-electron chi connectivity index (χ2n) is 5.50. The fraction of sp³-hybridized carbons (Fsp3) is 0.222. The highest BCUT2D eigenvalue weighted by Gasteiger charge is 2.28. The van der Waals surface area contributed by atoms with Crippen LogP contribution in [0.4, 0.5) is 5.69 Å². The Bertz CT molecular complexity index is 745. The summed E-state index contributed by atoms with van der Waals surface area (Å²) < 4.78 is 0. The molecule has 1 heterocycles. The van der Waals surface area contributed by atoms with Gasteiger partial charge in [-0.15, -0.1) is 11.8 Å². The molecule has 2 amide bonds. The van der Waals surface area contributed by atoms with Crippen molar-refractivity contribution in [3.8, 4) is 0 Å². The molecule has 2 aromatic rings. The highest BCUT2D eigenvalue weighted by atomic mass is 32.2. The van der Waals surface area contributed by atoms with Gasteiger partial charge in [0, 0.05) is 17.9 Å². The van der Waals surface area contributed by atoms with Crippen LogP contribution >= 0.6 is 11.8 Å². The zero-order valence-corrected chi connectivity index (χ0v) is 13.7. The van der Waals surface area contributed by atoms with E-state index in [1.807, 2.05) is 55.5 Å². The van der Waals surface area contributed by atoms with Crippen LogP contribution in [0.2, 0.25) is 0 Å². The number of benzene rings is 2. The van der Waals surface area contributed by atoms with Gasteiger partial charge in [0.1, 0.15) is 0 Å². The van der Waals surface area contributed by atoms with Crippen LogP contribution in [0.25, 0.3) is 0 Å². The summed E-state index contributed by atoms with van der Waals surface area (Å²) in [6.45, 7) is 2.50. The molecule has 1 unspecified atom stereocenters. The molecule has 0 radical (unpaired) electrons. The molecule has 0 aliphatic carbocycles. The van der Waals surface area contributed by atoms with Gasteiger partial charge in [-0.05, 0) is 30.2 Å². The van der Waals surface area contributed by atoms with Gasteiger partial charge >= 0.3 is 0 Å². The second kappa shape index (κ2) is 6.87. The molecular formula is C18H18N2O2S. The summed E-state index contributed by atoms with van der Waals surface area (Å²) in [5.74, 6) is -0.222. The lowest BCUT2D eigenvalue weighted by atomic mass is 10.1. The molecule has 23 heavy (non-hydrogen) atoms. The number of hydrogen-bond acceptors (Lipinski definition) is 3. The number of aryl methyl sites for hydroxylation is 1. The Balaban J connectivity index is 1.58. The minimum Gasteiger partial charge on any atom is -0.352 e. The number of anilines is 1. The average Bonchev–Trinajstić information content (AvgIpc) is 2.55. The van der Waals surface area contributed by atoms with Crippen molar-refractivity contribution in [2.24, 2.45) is 0 Å². The number of fused-ring (bicyclic) bond motifs is 1. The van der Waals surface area contributed by atoms with Crippen molar-refractivity contribution < 1.29 is 9.59 Å². The van der Waals surface area contributed by atoms with E-state index in [2.05, 4.69) is 10.6 Å². The maximum Gasteiger partial charge on any atom is 0.238 e. The molecular weight excluding hydrogens is 308 g/mol. The third-order valence-corrected chi connectivity index (χ3v) is 5.09.